The van der Waals surface area contributed by atoms with Crippen LogP contribution >= 0.6 is 0 Å². The van der Waals surface area contributed by atoms with Crippen molar-refractivity contribution in [3.8, 4) is 0 Å². The number of hydrogen-bond acceptors (Lipinski definition) is 4. The van der Waals surface area contributed by atoms with E-state index < -0.39 is 0 Å². The van der Waals surface area contributed by atoms with E-state index in [-0.39, 0.29) is 5.91 Å². The van der Waals surface area contributed by atoms with Crippen molar-refractivity contribution in [3.05, 3.63) is 71.8 Å². The Morgan fingerprint density at radius 1 is 0.741 bits per heavy atom. The Hall–Kier alpha value is -2.21. The predicted molar refractivity (Wildman–Crippen MR) is 107 cm³/mol. The average Bonchev–Trinajstić information content (AvgIpc) is 2.71. The molecule has 27 heavy (non-hydrogen) atoms. The summed E-state index contributed by atoms with van der Waals surface area (Å²) in [5, 5.41) is 6.00. The van der Waals surface area contributed by atoms with Crippen LogP contribution in [0.3, 0.4) is 0 Å². The van der Waals surface area contributed by atoms with Gasteiger partial charge in [0.25, 0.3) is 0 Å². The van der Waals surface area contributed by atoms with Crippen LogP contribution in [0.25, 0.3) is 0 Å². The molecule has 0 aliphatic carbocycles. The third-order valence-electron chi connectivity index (χ3n) is 3.97. The van der Waals surface area contributed by atoms with Crippen molar-refractivity contribution in [1.29, 1.82) is 0 Å². The summed E-state index contributed by atoms with van der Waals surface area (Å²) in [5.41, 5.74) is 2.34. The van der Waals surface area contributed by atoms with Crippen molar-refractivity contribution in [1.82, 2.24) is 10.6 Å². The molecule has 0 radical (unpaired) electrons. The van der Waals surface area contributed by atoms with Gasteiger partial charge in [0.05, 0.1) is 26.4 Å². The molecular formula is C22H30N2O3. The molecule has 0 atom stereocenters. The van der Waals surface area contributed by atoms with Crippen molar-refractivity contribution in [2.24, 2.45) is 0 Å². The van der Waals surface area contributed by atoms with Gasteiger partial charge < -0.3 is 20.1 Å². The lowest BCUT2D eigenvalue weighted by atomic mass is 10.2. The molecule has 5 nitrogen and oxygen atoms in total. The SMILES string of the molecule is O=C(CNCCOCc1ccccc1)NCCCCOCc1ccccc1. The van der Waals surface area contributed by atoms with E-state index in [1.54, 1.807) is 0 Å². The van der Waals surface area contributed by atoms with Crippen LogP contribution in [0.1, 0.15) is 24.0 Å². The first-order valence-corrected chi connectivity index (χ1v) is 9.55. The second-order valence-corrected chi connectivity index (χ2v) is 6.31. The standard InChI is InChI=1S/C22H30N2O3/c25-22(17-23-14-16-27-19-21-11-5-2-6-12-21)24-13-7-8-15-26-18-20-9-3-1-4-10-20/h1-6,9-12,23H,7-8,13-19H2,(H,24,25). The lowest BCUT2D eigenvalue weighted by Crippen LogP contribution is -2.35. The molecule has 2 N–H and O–H groups in total. The Morgan fingerprint density at radius 2 is 1.33 bits per heavy atom. The van der Waals surface area contributed by atoms with E-state index in [1.165, 1.54) is 5.56 Å². The molecule has 1 amide bonds. The molecular weight excluding hydrogens is 340 g/mol. The molecule has 0 bridgehead atoms. The number of amides is 1. The summed E-state index contributed by atoms with van der Waals surface area (Å²) in [5.74, 6) is 0.0169. The van der Waals surface area contributed by atoms with Crippen LogP contribution in [0.5, 0.6) is 0 Å². The van der Waals surface area contributed by atoms with Crippen LogP contribution in [0.2, 0.25) is 0 Å². The summed E-state index contributed by atoms with van der Waals surface area (Å²) < 4.78 is 11.2. The van der Waals surface area contributed by atoms with Gasteiger partial charge in [-0.2, -0.15) is 0 Å². The van der Waals surface area contributed by atoms with E-state index in [0.29, 0.717) is 46.1 Å². The van der Waals surface area contributed by atoms with Gasteiger partial charge in [0.2, 0.25) is 5.91 Å². The van der Waals surface area contributed by atoms with Crippen molar-refractivity contribution in [3.63, 3.8) is 0 Å². The highest BCUT2D eigenvalue weighted by molar-refractivity contribution is 5.77. The highest BCUT2D eigenvalue weighted by Crippen LogP contribution is 2.01. The molecule has 0 saturated heterocycles. The fourth-order valence-corrected chi connectivity index (χ4v) is 2.49. The van der Waals surface area contributed by atoms with E-state index in [0.717, 1.165) is 18.4 Å². The zero-order valence-electron chi connectivity index (χ0n) is 15.9. The maximum Gasteiger partial charge on any atom is 0.233 e. The van der Waals surface area contributed by atoms with Crippen LogP contribution in [-0.2, 0) is 27.5 Å². The van der Waals surface area contributed by atoms with Gasteiger partial charge in [0.15, 0.2) is 0 Å². The van der Waals surface area contributed by atoms with E-state index in [9.17, 15) is 4.79 Å². The normalized spacial score (nSPS) is 10.7. The second kappa shape index (κ2) is 13.9. The van der Waals surface area contributed by atoms with E-state index in [2.05, 4.69) is 22.8 Å². The zero-order chi connectivity index (χ0) is 19.0. The molecule has 0 aliphatic heterocycles. The minimum atomic E-state index is 0.0169. The Labute approximate surface area is 162 Å². The Kier molecular flexibility index (Phi) is 10.9. The summed E-state index contributed by atoms with van der Waals surface area (Å²) in [4.78, 5) is 11.7. The Balaban J connectivity index is 1.35. The highest BCUT2D eigenvalue weighted by Gasteiger charge is 2.00. The first-order valence-electron chi connectivity index (χ1n) is 9.55. The molecule has 0 heterocycles. The minimum Gasteiger partial charge on any atom is -0.377 e. The number of unbranched alkanes of at least 4 members (excludes halogenated alkanes) is 1. The number of rotatable bonds is 14. The van der Waals surface area contributed by atoms with Gasteiger partial charge in [0, 0.05) is 19.7 Å². The fourth-order valence-electron chi connectivity index (χ4n) is 2.49. The Bertz CT molecular complexity index is 620. The first kappa shape index (κ1) is 21.1. The van der Waals surface area contributed by atoms with Crippen molar-refractivity contribution in [2.45, 2.75) is 26.1 Å². The van der Waals surface area contributed by atoms with E-state index in [1.807, 2.05) is 48.5 Å². The summed E-state index contributed by atoms with van der Waals surface area (Å²) in [6.07, 6.45) is 1.86. The number of benzene rings is 2. The van der Waals surface area contributed by atoms with E-state index in [4.69, 9.17) is 9.47 Å². The highest BCUT2D eigenvalue weighted by atomic mass is 16.5. The van der Waals surface area contributed by atoms with Crippen LogP contribution in [0.15, 0.2) is 60.7 Å². The summed E-state index contributed by atoms with van der Waals surface area (Å²) in [6.45, 7) is 4.19. The molecule has 0 unspecified atom stereocenters. The molecule has 0 saturated carbocycles. The van der Waals surface area contributed by atoms with Gasteiger partial charge in [-0.25, -0.2) is 0 Å². The van der Waals surface area contributed by atoms with Gasteiger partial charge in [-0.05, 0) is 24.0 Å². The van der Waals surface area contributed by atoms with E-state index >= 15 is 0 Å². The third-order valence-corrected chi connectivity index (χ3v) is 3.97. The van der Waals surface area contributed by atoms with Crippen LogP contribution in [0.4, 0.5) is 0 Å². The minimum absolute atomic E-state index is 0.0169. The monoisotopic (exact) mass is 370 g/mol. The molecule has 0 spiro atoms. The van der Waals surface area contributed by atoms with Crippen molar-refractivity contribution in [2.75, 3.05) is 32.8 Å². The van der Waals surface area contributed by atoms with Crippen LogP contribution < -0.4 is 10.6 Å². The average molecular weight is 370 g/mol. The Morgan fingerprint density at radius 3 is 1.96 bits per heavy atom. The maximum atomic E-state index is 11.7. The van der Waals surface area contributed by atoms with Gasteiger partial charge in [-0.15, -0.1) is 0 Å². The molecule has 2 rings (SSSR count). The predicted octanol–water partition coefficient (Wildman–Crippen LogP) is 2.91. The zero-order valence-corrected chi connectivity index (χ0v) is 15.9. The topological polar surface area (TPSA) is 59.6 Å². The number of hydrogen-bond donors (Lipinski definition) is 2. The molecule has 0 aromatic heterocycles. The number of nitrogens with one attached hydrogen (secondary N) is 2. The summed E-state index contributed by atoms with van der Waals surface area (Å²) >= 11 is 0. The molecule has 2 aromatic carbocycles. The van der Waals surface area contributed by atoms with Gasteiger partial charge in [-0.1, -0.05) is 60.7 Å². The molecule has 2 aromatic rings. The van der Waals surface area contributed by atoms with Gasteiger partial charge in [-0.3, -0.25) is 4.79 Å². The van der Waals surface area contributed by atoms with Crippen molar-refractivity contribution < 1.29 is 14.3 Å². The molecule has 5 heteroatoms. The lowest BCUT2D eigenvalue weighted by Gasteiger charge is -2.08. The maximum absolute atomic E-state index is 11.7. The summed E-state index contributed by atoms with van der Waals surface area (Å²) in [7, 11) is 0. The fraction of sp³-hybridized carbons (Fsp3) is 0.409. The van der Waals surface area contributed by atoms with Crippen LogP contribution in [0, 0.1) is 0 Å². The van der Waals surface area contributed by atoms with Gasteiger partial charge in [0.1, 0.15) is 0 Å². The molecule has 0 aliphatic rings. The van der Waals surface area contributed by atoms with Crippen molar-refractivity contribution >= 4 is 5.91 Å². The second-order valence-electron chi connectivity index (χ2n) is 6.31. The van der Waals surface area contributed by atoms with Gasteiger partial charge >= 0.3 is 0 Å². The summed E-state index contributed by atoms with van der Waals surface area (Å²) in [6, 6.07) is 20.2. The first-order chi connectivity index (χ1) is 13.3. The largest absolute Gasteiger partial charge is 0.377 e. The number of carbonyl (C=O) groups is 1. The third kappa shape index (κ3) is 10.5. The smallest absolute Gasteiger partial charge is 0.233 e. The number of carbonyl (C=O) groups excluding carboxylic acids is 1. The quantitative estimate of drug-likeness (QED) is 0.502. The van der Waals surface area contributed by atoms with Crippen LogP contribution in [-0.4, -0.2) is 38.8 Å². The lowest BCUT2D eigenvalue weighted by molar-refractivity contribution is -0.120. The molecule has 0 fully saturated rings. The molecule has 146 valence electrons. The number of ether oxygens (including phenoxy) is 2.